The highest BCUT2D eigenvalue weighted by atomic mass is 127. The Balaban J connectivity index is 1.28. The van der Waals surface area contributed by atoms with E-state index in [0.717, 1.165) is 59.6 Å². The van der Waals surface area contributed by atoms with Gasteiger partial charge in [0.1, 0.15) is 11.6 Å². The molecule has 3 aliphatic rings. The van der Waals surface area contributed by atoms with E-state index in [1.165, 1.54) is 123 Å². The first-order valence-electron chi connectivity index (χ1n) is 22.3. The van der Waals surface area contributed by atoms with Crippen molar-refractivity contribution in [1.29, 1.82) is 10.7 Å². The summed E-state index contributed by atoms with van der Waals surface area (Å²) >= 11 is 4.75. The summed E-state index contributed by atoms with van der Waals surface area (Å²) in [6.45, 7) is 6.46. The van der Waals surface area contributed by atoms with E-state index in [0.29, 0.717) is 11.1 Å². The highest BCUT2D eigenvalue weighted by molar-refractivity contribution is 14.1. The van der Waals surface area contributed by atoms with E-state index in [-0.39, 0.29) is 11.4 Å². The third kappa shape index (κ3) is 12.9. The number of ketones is 1. The molecular formula is C51H64I2N4O. The van der Waals surface area contributed by atoms with Crippen molar-refractivity contribution in [1.82, 2.24) is 0 Å². The standard InChI is InChI=1S/C51H64I2N4O/c1-3-5-7-9-11-13-15-17-19-21-29-56-31-27-39(44-25-23-42(52)35-48(44)56)33-46-50(41(37-54)38-55)47(51(46)58)34-40-28-32-57(49-36-43(53)24-26-45(40)49)30-22-20-18-16-14-12-10-8-6-4-2/h23-28,31-36,46,54H,3-22,29-30H2,1-2H3/b39-33+,40-34+. The van der Waals surface area contributed by atoms with Crippen LogP contribution in [0.2, 0.25) is 0 Å². The molecule has 5 rings (SSSR count). The van der Waals surface area contributed by atoms with Gasteiger partial charge in [0.05, 0.1) is 5.92 Å². The number of nitrogens with zero attached hydrogens (tertiary/aromatic N) is 3. The average molecular weight is 1000 g/mol. The fraction of sp³-hybridized carbons (Fsp3) is 0.490. The van der Waals surface area contributed by atoms with E-state index in [4.69, 9.17) is 5.41 Å². The molecule has 2 aromatic carbocycles. The molecule has 0 saturated carbocycles. The highest BCUT2D eigenvalue weighted by Crippen LogP contribution is 2.44. The monoisotopic (exact) mass is 1000 g/mol. The molecule has 2 heterocycles. The van der Waals surface area contributed by atoms with E-state index in [1.54, 1.807) is 0 Å². The third-order valence-corrected chi connectivity index (χ3v) is 13.2. The molecule has 7 heteroatoms. The number of nitrogens with one attached hydrogen (secondary N) is 1. The van der Waals surface area contributed by atoms with E-state index in [2.05, 4.69) is 142 Å². The van der Waals surface area contributed by atoms with Gasteiger partial charge in [0.15, 0.2) is 5.78 Å². The topological polar surface area (TPSA) is 71.2 Å². The van der Waals surface area contributed by atoms with Gasteiger partial charge in [0.2, 0.25) is 0 Å². The number of anilines is 2. The van der Waals surface area contributed by atoms with Gasteiger partial charge < -0.3 is 9.80 Å². The number of benzene rings is 2. The predicted molar refractivity (Wildman–Crippen MR) is 263 cm³/mol. The molecule has 0 spiro atoms. The van der Waals surface area contributed by atoms with Crippen molar-refractivity contribution in [3.63, 3.8) is 0 Å². The molecule has 0 amide bonds. The van der Waals surface area contributed by atoms with Crippen LogP contribution in [0.25, 0.3) is 11.1 Å². The van der Waals surface area contributed by atoms with Crippen LogP contribution in [0.15, 0.2) is 89.8 Å². The molecule has 0 saturated heterocycles. The molecule has 58 heavy (non-hydrogen) atoms. The fourth-order valence-electron chi connectivity index (χ4n) is 8.46. The number of carbonyl (C=O) groups is 1. The van der Waals surface area contributed by atoms with Crippen molar-refractivity contribution in [2.75, 3.05) is 22.9 Å². The molecule has 308 valence electrons. The van der Waals surface area contributed by atoms with Crippen LogP contribution in [-0.4, -0.2) is 24.7 Å². The number of fused-ring (bicyclic) bond motifs is 2. The van der Waals surface area contributed by atoms with Crippen LogP contribution in [0.1, 0.15) is 153 Å². The van der Waals surface area contributed by atoms with Crippen molar-refractivity contribution < 1.29 is 4.79 Å². The Hall–Kier alpha value is -3.19. The molecule has 2 aromatic rings. The Kier molecular flexibility index (Phi) is 19.6. The Morgan fingerprint density at radius 3 is 1.55 bits per heavy atom. The molecule has 1 atom stereocenters. The maximum Gasteiger partial charge on any atom is 0.174 e. The number of carbonyl (C=O) groups excluding carboxylic acids is 1. The second-order valence-corrected chi connectivity index (χ2v) is 18.7. The van der Waals surface area contributed by atoms with Crippen molar-refractivity contribution in [2.45, 2.75) is 142 Å². The van der Waals surface area contributed by atoms with Gasteiger partial charge in [-0.25, -0.2) is 0 Å². The van der Waals surface area contributed by atoms with Gasteiger partial charge in [-0.05, 0) is 118 Å². The summed E-state index contributed by atoms with van der Waals surface area (Å²) in [5.41, 5.74) is 7.58. The first-order chi connectivity index (χ1) is 28.4. The van der Waals surface area contributed by atoms with E-state index in [9.17, 15) is 10.1 Å². The number of hydrogen-bond acceptors (Lipinski definition) is 5. The number of Topliss-reactive ketones (excluding diaryl/α,β-unsaturated/α-hetero) is 1. The van der Waals surface area contributed by atoms with Gasteiger partial charge in [0, 0.05) is 66.3 Å². The van der Waals surface area contributed by atoms with E-state index < -0.39 is 5.92 Å². The Morgan fingerprint density at radius 1 is 0.672 bits per heavy atom. The van der Waals surface area contributed by atoms with Gasteiger partial charge in [0.25, 0.3) is 0 Å². The lowest BCUT2D eigenvalue weighted by Gasteiger charge is -2.32. The molecule has 5 nitrogen and oxygen atoms in total. The van der Waals surface area contributed by atoms with Crippen LogP contribution in [0, 0.1) is 29.8 Å². The molecule has 0 bridgehead atoms. The van der Waals surface area contributed by atoms with Crippen molar-refractivity contribution >= 4 is 79.4 Å². The third-order valence-electron chi connectivity index (χ3n) is 11.8. The Bertz CT molecular complexity index is 1960. The zero-order chi connectivity index (χ0) is 41.1. The Morgan fingerprint density at radius 2 is 1.10 bits per heavy atom. The first kappa shape index (κ1) is 45.9. The number of unbranched alkanes of at least 4 members (excludes halogenated alkanes) is 18. The van der Waals surface area contributed by atoms with Crippen LogP contribution >= 0.6 is 45.2 Å². The first-order valence-corrected chi connectivity index (χ1v) is 24.5. The predicted octanol–water partition coefficient (Wildman–Crippen LogP) is 15.1. The molecule has 1 aliphatic carbocycles. The summed E-state index contributed by atoms with van der Waals surface area (Å²) < 4.78 is 2.34. The van der Waals surface area contributed by atoms with Crippen molar-refractivity contribution in [3.05, 3.63) is 108 Å². The minimum absolute atomic E-state index is 0.0282. The summed E-state index contributed by atoms with van der Waals surface area (Å²) in [5.74, 6) is 1.72. The zero-order valence-electron chi connectivity index (χ0n) is 35.1. The minimum Gasteiger partial charge on any atom is -0.347 e. The smallest absolute Gasteiger partial charge is 0.174 e. The average Bonchev–Trinajstić information content (AvgIpc) is 3.23. The largest absolute Gasteiger partial charge is 0.347 e. The number of rotatable bonds is 25. The Labute approximate surface area is 377 Å². The normalized spacial score (nSPS) is 17.1. The van der Waals surface area contributed by atoms with Gasteiger partial charge in [-0.15, -0.1) is 0 Å². The second kappa shape index (κ2) is 24.8. The van der Waals surface area contributed by atoms with Crippen molar-refractivity contribution in [2.24, 2.45) is 5.92 Å². The number of halogens is 2. The maximum absolute atomic E-state index is 14.1. The minimum atomic E-state index is -0.615. The van der Waals surface area contributed by atoms with Gasteiger partial charge in [-0.2, -0.15) is 5.26 Å². The van der Waals surface area contributed by atoms with Crippen LogP contribution in [0.5, 0.6) is 0 Å². The zero-order valence-corrected chi connectivity index (χ0v) is 39.4. The second-order valence-electron chi connectivity index (χ2n) is 16.2. The van der Waals surface area contributed by atoms with Crippen LogP contribution < -0.4 is 9.80 Å². The maximum atomic E-state index is 14.1. The van der Waals surface area contributed by atoms with Gasteiger partial charge in [-0.1, -0.05) is 148 Å². The van der Waals surface area contributed by atoms with Crippen molar-refractivity contribution in [3.8, 4) is 6.07 Å². The number of allylic oxidation sites excluding steroid dienone is 9. The fourth-order valence-corrected chi connectivity index (χ4v) is 9.41. The van der Waals surface area contributed by atoms with E-state index in [1.807, 2.05) is 12.2 Å². The van der Waals surface area contributed by atoms with Gasteiger partial charge >= 0.3 is 0 Å². The lowest BCUT2D eigenvalue weighted by molar-refractivity contribution is -0.118. The number of hydrogen-bond donors (Lipinski definition) is 1. The van der Waals surface area contributed by atoms with Crippen LogP contribution in [0.3, 0.4) is 0 Å². The number of nitriles is 1. The lowest BCUT2D eigenvalue weighted by atomic mass is 9.71. The van der Waals surface area contributed by atoms with E-state index >= 15 is 0 Å². The highest BCUT2D eigenvalue weighted by Gasteiger charge is 2.40. The summed E-state index contributed by atoms with van der Waals surface area (Å²) in [6, 6.07) is 15.2. The molecular weight excluding hydrogens is 938 g/mol. The lowest BCUT2D eigenvalue weighted by Crippen LogP contribution is -2.31. The summed E-state index contributed by atoms with van der Waals surface area (Å²) in [4.78, 5) is 18.8. The quantitative estimate of drug-likeness (QED) is 0.0466. The van der Waals surface area contributed by atoms with Crippen LogP contribution in [-0.2, 0) is 4.79 Å². The molecule has 1 unspecified atom stereocenters. The summed E-state index contributed by atoms with van der Waals surface area (Å²) in [7, 11) is 0. The van der Waals surface area contributed by atoms with Gasteiger partial charge in [-0.3, -0.25) is 10.2 Å². The molecule has 0 fully saturated rings. The van der Waals surface area contributed by atoms with Crippen LogP contribution in [0.4, 0.5) is 11.4 Å². The SMILES string of the molecule is CCCCCCCCCCCCN1C=C/C(=C\C2=C(C(=C=N)C#N)C(/C=C3\C=CN(CCCCCCCCCCCC)c4cc(I)ccc43)C2=O)c2ccc(I)cc21. The molecule has 0 aromatic heterocycles. The molecule has 0 radical (unpaired) electrons. The molecule has 1 N–H and O–H groups in total. The molecule has 2 aliphatic heterocycles. The summed E-state index contributed by atoms with van der Waals surface area (Å²) in [6.07, 6.45) is 38.6. The summed E-state index contributed by atoms with van der Waals surface area (Å²) in [5, 5.41) is 18.1.